The molecule has 2 N–H and O–H groups in total. The molecular weight excluding hydrogens is 454 g/mol. The van der Waals surface area contributed by atoms with Gasteiger partial charge in [0.2, 0.25) is 5.91 Å². The lowest BCUT2D eigenvalue weighted by molar-refractivity contribution is -0.122. The molecule has 1 heterocycles. The van der Waals surface area contributed by atoms with E-state index in [1.165, 1.54) is 0 Å². The number of carbonyl (C=O) groups excluding carboxylic acids is 4. The fraction of sp³-hybridized carbons (Fsp3) is 0.440. The van der Waals surface area contributed by atoms with Crippen LogP contribution in [0.15, 0.2) is 24.3 Å². The van der Waals surface area contributed by atoms with Gasteiger partial charge in [0.15, 0.2) is 0 Å². The Morgan fingerprint density at radius 3 is 2.26 bits per heavy atom. The van der Waals surface area contributed by atoms with E-state index in [0.29, 0.717) is 35.6 Å². The van der Waals surface area contributed by atoms with E-state index < -0.39 is 11.9 Å². The zero-order valence-corrected chi connectivity index (χ0v) is 20.8. The number of benzene rings is 1. The Hall–Kier alpha value is -3.20. The molecule has 34 heavy (non-hydrogen) atoms. The first-order valence-electron chi connectivity index (χ1n) is 11.6. The van der Waals surface area contributed by atoms with Crippen molar-refractivity contribution in [3.63, 3.8) is 0 Å². The highest BCUT2D eigenvalue weighted by atomic mass is 32.1. The molecule has 1 aromatic carbocycles. The number of hydrogen-bond donors (Lipinski definition) is 2. The highest BCUT2D eigenvalue weighted by Crippen LogP contribution is 2.35. The summed E-state index contributed by atoms with van der Waals surface area (Å²) in [6.45, 7) is 8.84. The predicted octanol–water partition coefficient (Wildman–Crippen LogP) is 3.99. The summed E-state index contributed by atoms with van der Waals surface area (Å²) in [7, 11) is 0. The van der Waals surface area contributed by atoms with Crippen molar-refractivity contribution in [1.82, 2.24) is 10.2 Å². The quantitative estimate of drug-likeness (QED) is 0.495. The van der Waals surface area contributed by atoms with Gasteiger partial charge in [0.25, 0.3) is 11.8 Å². The standard InChI is InChI=1S/C25H31N3O5S/c1-5-28(6-2)24(31)20-15(4)19(25(32)33-7-3)23(34-20)27-22(30)18-10-8-16(9-11-18)14-26-21(29)17-12-13-17/h8-11,17H,5-7,12-14H2,1-4H3,(H,26,29)(H,27,30). The van der Waals surface area contributed by atoms with E-state index in [-0.39, 0.29) is 34.9 Å². The van der Waals surface area contributed by atoms with Gasteiger partial charge >= 0.3 is 5.97 Å². The topological polar surface area (TPSA) is 105 Å². The third kappa shape index (κ3) is 5.83. The number of rotatable bonds is 10. The Balaban J connectivity index is 1.79. The second-order valence-electron chi connectivity index (χ2n) is 8.10. The van der Waals surface area contributed by atoms with Crippen LogP contribution in [0.2, 0.25) is 0 Å². The van der Waals surface area contributed by atoms with E-state index in [9.17, 15) is 19.2 Å². The molecule has 3 amide bonds. The second-order valence-corrected chi connectivity index (χ2v) is 9.12. The first-order chi connectivity index (χ1) is 16.3. The zero-order chi connectivity index (χ0) is 24.8. The van der Waals surface area contributed by atoms with Gasteiger partial charge < -0.3 is 20.3 Å². The van der Waals surface area contributed by atoms with Gasteiger partial charge in [-0.15, -0.1) is 11.3 Å². The summed E-state index contributed by atoms with van der Waals surface area (Å²) in [6.07, 6.45) is 1.90. The number of ether oxygens (including phenoxy) is 1. The molecule has 8 nitrogen and oxygen atoms in total. The van der Waals surface area contributed by atoms with E-state index in [0.717, 1.165) is 29.7 Å². The lowest BCUT2D eigenvalue weighted by Gasteiger charge is -2.18. The summed E-state index contributed by atoms with van der Waals surface area (Å²) in [4.78, 5) is 52.4. The highest BCUT2D eigenvalue weighted by Gasteiger charge is 2.30. The number of amides is 3. The molecular formula is C25H31N3O5S. The number of carbonyl (C=O) groups is 4. The van der Waals surface area contributed by atoms with Gasteiger partial charge in [-0.1, -0.05) is 12.1 Å². The Kier molecular flexibility index (Phi) is 8.44. The normalized spacial score (nSPS) is 12.7. The molecule has 1 aromatic heterocycles. The molecule has 1 fully saturated rings. The van der Waals surface area contributed by atoms with Crippen LogP contribution in [-0.2, 0) is 16.1 Å². The second kappa shape index (κ2) is 11.3. The summed E-state index contributed by atoms with van der Waals surface area (Å²) in [5.74, 6) is -0.951. The van der Waals surface area contributed by atoms with Gasteiger partial charge in [-0.2, -0.15) is 0 Å². The van der Waals surface area contributed by atoms with E-state index in [4.69, 9.17) is 4.74 Å². The molecule has 0 bridgehead atoms. The molecule has 1 aliphatic carbocycles. The smallest absolute Gasteiger partial charge is 0.341 e. The minimum absolute atomic E-state index is 0.0662. The molecule has 3 rings (SSSR count). The first kappa shape index (κ1) is 25.4. The fourth-order valence-corrected chi connectivity index (χ4v) is 4.70. The van der Waals surface area contributed by atoms with Crippen LogP contribution in [0.1, 0.15) is 75.1 Å². The van der Waals surface area contributed by atoms with Crippen LogP contribution in [0.3, 0.4) is 0 Å². The summed E-state index contributed by atoms with van der Waals surface area (Å²) in [5, 5.41) is 5.97. The molecule has 0 unspecified atom stereocenters. The summed E-state index contributed by atoms with van der Waals surface area (Å²) in [5.41, 5.74) is 1.99. The maximum Gasteiger partial charge on any atom is 0.341 e. The molecule has 0 radical (unpaired) electrons. The van der Waals surface area contributed by atoms with E-state index >= 15 is 0 Å². The number of esters is 1. The maximum atomic E-state index is 13.0. The lowest BCUT2D eigenvalue weighted by atomic mass is 10.1. The number of nitrogens with zero attached hydrogens (tertiary/aromatic N) is 1. The van der Waals surface area contributed by atoms with E-state index in [2.05, 4.69) is 10.6 Å². The van der Waals surface area contributed by atoms with Crippen LogP contribution in [0.4, 0.5) is 5.00 Å². The summed E-state index contributed by atoms with van der Waals surface area (Å²) in [6, 6.07) is 6.90. The predicted molar refractivity (Wildman–Crippen MR) is 131 cm³/mol. The molecule has 9 heteroatoms. The van der Waals surface area contributed by atoms with Crippen molar-refractivity contribution in [2.24, 2.45) is 5.92 Å². The Bertz CT molecular complexity index is 1070. The molecule has 2 aromatic rings. The van der Waals surface area contributed by atoms with Crippen LogP contribution in [0.25, 0.3) is 0 Å². The molecule has 1 saturated carbocycles. The largest absolute Gasteiger partial charge is 0.462 e. The van der Waals surface area contributed by atoms with Crippen molar-refractivity contribution in [2.75, 3.05) is 25.0 Å². The Morgan fingerprint density at radius 2 is 1.71 bits per heavy atom. The SMILES string of the molecule is CCOC(=O)c1c(NC(=O)c2ccc(CNC(=O)C3CC3)cc2)sc(C(=O)N(CC)CC)c1C. The van der Waals surface area contributed by atoms with Crippen molar-refractivity contribution in [2.45, 2.75) is 47.1 Å². The molecule has 0 spiro atoms. The van der Waals surface area contributed by atoms with Gasteiger partial charge in [0, 0.05) is 31.1 Å². The third-order valence-electron chi connectivity index (χ3n) is 5.73. The van der Waals surface area contributed by atoms with Gasteiger partial charge in [-0.05, 0) is 63.8 Å². The van der Waals surface area contributed by atoms with E-state index in [1.807, 2.05) is 13.8 Å². The van der Waals surface area contributed by atoms with Gasteiger partial charge in [-0.25, -0.2) is 4.79 Å². The minimum Gasteiger partial charge on any atom is -0.462 e. The van der Waals surface area contributed by atoms with Crippen molar-refractivity contribution in [3.8, 4) is 0 Å². The number of nitrogens with one attached hydrogen (secondary N) is 2. The summed E-state index contributed by atoms with van der Waals surface area (Å²) >= 11 is 1.08. The third-order valence-corrected chi connectivity index (χ3v) is 6.92. The number of hydrogen-bond acceptors (Lipinski definition) is 6. The zero-order valence-electron chi connectivity index (χ0n) is 20.0. The first-order valence-corrected chi connectivity index (χ1v) is 12.4. The molecule has 1 aliphatic rings. The van der Waals surface area contributed by atoms with Crippen LogP contribution < -0.4 is 10.6 Å². The monoisotopic (exact) mass is 485 g/mol. The average Bonchev–Trinajstić information content (AvgIpc) is 3.62. The lowest BCUT2D eigenvalue weighted by Crippen LogP contribution is -2.30. The van der Waals surface area contributed by atoms with Crippen molar-refractivity contribution in [1.29, 1.82) is 0 Å². The molecule has 0 saturated heterocycles. The fourth-order valence-electron chi connectivity index (χ4n) is 3.54. The van der Waals surface area contributed by atoms with Crippen molar-refractivity contribution >= 4 is 40.0 Å². The van der Waals surface area contributed by atoms with Crippen LogP contribution in [-0.4, -0.2) is 48.3 Å². The van der Waals surface area contributed by atoms with Crippen LogP contribution in [0, 0.1) is 12.8 Å². The van der Waals surface area contributed by atoms with Crippen LogP contribution in [0.5, 0.6) is 0 Å². The van der Waals surface area contributed by atoms with Crippen molar-refractivity contribution in [3.05, 3.63) is 51.4 Å². The van der Waals surface area contributed by atoms with Gasteiger partial charge in [-0.3, -0.25) is 14.4 Å². The summed E-state index contributed by atoms with van der Waals surface area (Å²) < 4.78 is 5.18. The maximum absolute atomic E-state index is 13.0. The van der Waals surface area contributed by atoms with Gasteiger partial charge in [0.05, 0.1) is 17.0 Å². The average molecular weight is 486 g/mol. The molecule has 0 atom stereocenters. The highest BCUT2D eigenvalue weighted by molar-refractivity contribution is 7.18. The van der Waals surface area contributed by atoms with Crippen molar-refractivity contribution < 1.29 is 23.9 Å². The molecule has 0 aliphatic heterocycles. The number of anilines is 1. The van der Waals surface area contributed by atoms with E-state index in [1.54, 1.807) is 43.0 Å². The van der Waals surface area contributed by atoms with Gasteiger partial charge in [0.1, 0.15) is 5.00 Å². The Labute approximate surface area is 203 Å². The minimum atomic E-state index is -0.577. The van der Waals surface area contributed by atoms with Crippen LogP contribution >= 0.6 is 11.3 Å². The number of thiophene rings is 1. The Morgan fingerprint density at radius 1 is 1.06 bits per heavy atom. The molecule has 182 valence electrons.